The highest BCUT2D eigenvalue weighted by Crippen LogP contribution is 2.32. The van der Waals surface area contributed by atoms with Crippen molar-refractivity contribution in [2.75, 3.05) is 6.61 Å². The Kier molecular flexibility index (Phi) is 4.81. The van der Waals surface area contributed by atoms with Crippen LogP contribution in [0, 0.1) is 6.92 Å². The minimum absolute atomic E-state index is 0.0106. The molecule has 100 valence electrons. The summed E-state index contributed by atoms with van der Waals surface area (Å²) in [6.45, 7) is 4.42. The van der Waals surface area contributed by atoms with Crippen LogP contribution in [-0.4, -0.2) is 12.4 Å². The summed E-state index contributed by atoms with van der Waals surface area (Å²) >= 11 is 8.29. The first kappa shape index (κ1) is 14.8. The van der Waals surface area contributed by atoms with E-state index in [-0.39, 0.29) is 5.78 Å². The maximum Gasteiger partial charge on any atom is 0.206 e. The summed E-state index contributed by atoms with van der Waals surface area (Å²) in [7, 11) is 0. The van der Waals surface area contributed by atoms with Gasteiger partial charge < -0.3 is 4.74 Å². The predicted molar refractivity (Wildman–Crippen MR) is 85.5 cm³/mol. The lowest BCUT2D eigenvalue weighted by Crippen LogP contribution is -2.04. The van der Waals surface area contributed by atoms with E-state index in [1.54, 1.807) is 6.07 Å². The summed E-state index contributed by atoms with van der Waals surface area (Å²) in [6, 6.07) is 7.39. The zero-order valence-corrected chi connectivity index (χ0v) is 14.5. The fourth-order valence-electron chi connectivity index (χ4n) is 1.67. The first-order valence-corrected chi connectivity index (χ1v) is 8.16. The molecule has 5 heteroatoms. The van der Waals surface area contributed by atoms with Crippen molar-refractivity contribution < 1.29 is 9.53 Å². The number of thiophene rings is 1. The van der Waals surface area contributed by atoms with Gasteiger partial charge in [-0.15, -0.1) is 11.3 Å². The SMILES string of the molecule is CCOc1ccc(Br)cc1C(=O)c1cc(C)c(Br)s1. The van der Waals surface area contributed by atoms with E-state index < -0.39 is 0 Å². The van der Waals surface area contributed by atoms with Crippen molar-refractivity contribution >= 4 is 49.0 Å². The molecule has 2 rings (SSSR count). The quantitative estimate of drug-likeness (QED) is 0.654. The van der Waals surface area contributed by atoms with Crippen molar-refractivity contribution in [3.8, 4) is 5.75 Å². The molecule has 0 fully saturated rings. The van der Waals surface area contributed by atoms with Crippen molar-refractivity contribution in [2.24, 2.45) is 0 Å². The van der Waals surface area contributed by atoms with Crippen LogP contribution >= 0.6 is 43.2 Å². The van der Waals surface area contributed by atoms with E-state index >= 15 is 0 Å². The third-order valence-corrected chi connectivity index (χ3v) is 5.20. The third-order valence-electron chi connectivity index (χ3n) is 2.57. The molecule has 0 aliphatic heterocycles. The second kappa shape index (κ2) is 6.20. The Hall–Kier alpha value is -0.650. The Morgan fingerprint density at radius 2 is 2.05 bits per heavy atom. The van der Waals surface area contributed by atoms with Gasteiger partial charge in [0, 0.05) is 4.47 Å². The molecule has 0 spiro atoms. The lowest BCUT2D eigenvalue weighted by atomic mass is 10.1. The second-order valence-electron chi connectivity index (χ2n) is 3.97. The van der Waals surface area contributed by atoms with Crippen LogP contribution in [0.5, 0.6) is 5.75 Å². The Bertz CT molecular complexity index is 600. The summed E-state index contributed by atoms with van der Waals surface area (Å²) in [5.74, 6) is 0.612. The lowest BCUT2D eigenvalue weighted by molar-refractivity contribution is 0.103. The molecule has 19 heavy (non-hydrogen) atoms. The van der Waals surface area contributed by atoms with Crippen molar-refractivity contribution in [1.82, 2.24) is 0 Å². The number of carbonyl (C=O) groups is 1. The van der Waals surface area contributed by atoms with Crippen LogP contribution in [0.2, 0.25) is 0 Å². The van der Waals surface area contributed by atoms with E-state index in [9.17, 15) is 4.79 Å². The molecule has 1 aromatic heterocycles. The second-order valence-corrected chi connectivity index (χ2v) is 7.26. The van der Waals surface area contributed by atoms with Gasteiger partial charge in [0.05, 0.1) is 20.8 Å². The number of ether oxygens (including phenoxy) is 1. The number of ketones is 1. The fraction of sp³-hybridized carbons (Fsp3) is 0.214. The van der Waals surface area contributed by atoms with E-state index in [1.165, 1.54) is 11.3 Å². The zero-order chi connectivity index (χ0) is 14.0. The van der Waals surface area contributed by atoms with Gasteiger partial charge in [-0.2, -0.15) is 0 Å². The van der Waals surface area contributed by atoms with Crippen molar-refractivity contribution in [1.29, 1.82) is 0 Å². The van der Waals surface area contributed by atoms with Crippen molar-refractivity contribution in [2.45, 2.75) is 13.8 Å². The summed E-state index contributed by atoms with van der Waals surface area (Å²) in [5, 5.41) is 0. The van der Waals surface area contributed by atoms with Gasteiger partial charge >= 0.3 is 0 Å². The van der Waals surface area contributed by atoms with Crippen molar-refractivity contribution in [3.05, 3.63) is 48.5 Å². The van der Waals surface area contributed by atoms with Gasteiger partial charge in [0.25, 0.3) is 0 Å². The number of aryl methyl sites for hydroxylation is 1. The molecule has 0 saturated heterocycles. The monoisotopic (exact) mass is 402 g/mol. The van der Waals surface area contributed by atoms with Crippen LogP contribution in [0.3, 0.4) is 0 Å². The highest BCUT2D eigenvalue weighted by Gasteiger charge is 2.18. The van der Waals surface area contributed by atoms with Gasteiger partial charge in [0.15, 0.2) is 0 Å². The lowest BCUT2D eigenvalue weighted by Gasteiger charge is -2.09. The fourth-order valence-corrected chi connectivity index (χ4v) is 3.52. The molecular weight excluding hydrogens is 392 g/mol. The maximum atomic E-state index is 12.5. The van der Waals surface area contributed by atoms with Crippen LogP contribution in [0.25, 0.3) is 0 Å². The smallest absolute Gasteiger partial charge is 0.206 e. The summed E-state index contributed by atoms with van der Waals surface area (Å²) in [5.41, 5.74) is 1.66. The van der Waals surface area contributed by atoms with Gasteiger partial charge in [0.1, 0.15) is 5.75 Å². The van der Waals surface area contributed by atoms with E-state index in [1.807, 2.05) is 32.0 Å². The van der Waals surface area contributed by atoms with Gasteiger partial charge in [-0.05, 0) is 59.6 Å². The van der Waals surface area contributed by atoms with Crippen LogP contribution in [-0.2, 0) is 0 Å². The molecule has 1 aromatic carbocycles. The molecule has 0 unspecified atom stereocenters. The summed E-state index contributed by atoms with van der Waals surface area (Å²) < 4.78 is 7.38. The van der Waals surface area contributed by atoms with E-state index in [4.69, 9.17) is 4.74 Å². The molecule has 0 amide bonds. The van der Waals surface area contributed by atoms with E-state index in [0.29, 0.717) is 22.8 Å². The van der Waals surface area contributed by atoms with Crippen LogP contribution in [0.15, 0.2) is 32.5 Å². The molecule has 2 nitrogen and oxygen atoms in total. The number of hydrogen-bond donors (Lipinski definition) is 0. The van der Waals surface area contributed by atoms with Gasteiger partial charge in [-0.3, -0.25) is 4.79 Å². The Labute approximate surface area is 133 Å². The van der Waals surface area contributed by atoms with Crippen LogP contribution in [0.4, 0.5) is 0 Å². The first-order valence-electron chi connectivity index (χ1n) is 5.76. The normalized spacial score (nSPS) is 10.5. The topological polar surface area (TPSA) is 26.3 Å². The molecule has 0 aliphatic carbocycles. The minimum atomic E-state index is -0.0106. The van der Waals surface area contributed by atoms with E-state index in [0.717, 1.165) is 13.8 Å². The first-order chi connectivity index (χ1) is 9.02. The maximum absolute atomic E-state index is 12.5. The molecule has 0 N–H and O–H groups in total. The third kappa shape index (κ3) is 3.27. The standard InChI is InChI=1S/C14H12Br2O2S/c1-3-18-11-5-4-9(15)7-10(11)13(17)12-6-8(2)14(16)19-12/h4-7H,3H2,1-2H3. The molecule has 2 aromatic rings. The van der Waals surface area contributed by atoms with Gasteiger partial charge in [-0.25, -0.2) is 0 Å². The van der Waals surface area contributed by atoms with Gasteiger partial charge in [-0.1, -0.05) is 15.9 Å². The average Bonchev–Trinajstić information content (AvgIpc) is 2.71. The Balaban J connectivity index is 2.45. The van der Waals surface area contributed by atoms with Crippen LogP contribution in [0.1, 0.15) is 27.7 Å². The largest absolute Gasteiger partial charge is 0.493 e. The van der Waals surface area contributed by atoms with E-state index in [2.05, 4.69) is 31.9 Å². The number of halogens is 2. The highest BCUT2D eigenvalue weighted by molar-refractivity contribution is 9.11. The molecular formula is C14H12Br2O2S. The number of carbonyl (C=O) groups excluding carboxylic acids is 1. The number of hydrogen-bond acceptors (Lipinski definition) is 3. The van der Waals surface area contributed by atoms with Crippen molar-refractivity contribution in [3.63, 3.8) is 0 Å². The predicted octanol–water partition coefficient (Wildman–Crippen LogP) is 5.21. The Morgan fingerprint density at radius 3 is 2.63 bits per heavy atom. The zero-order valence-electron chi connectivity index (χ0n) is 10.5. The molecule has 0 atom stereocenters. The molecule has 0 bridgehead atoms. The van der Waals surface area contributed by atoms with Crippen LogP contribution < -0.4 is 4.74 Å². The number of benzene rings is 1. The highest BCUT2D eigenvalue weighted by atomic mass is 79.9. The summed E-state index contributed by atoms with van der Waals surface area (Å²) in [4.78, 5) is 13.3. The Morgan fingerprint density at radius 1 is 1.32 bits per heavy atom. The molecule has 0 aliphatic rings. The molecule has 0 radical (unpaired) electrons. The minimum Gasteiger partial charge on any atom is -0.493 e. The summed E-state index contributed by atoms with van der Waals surface area (Å²) in [6.07, 6.45) is 0. The molecule has 1 heterocycles. The number of rotatable bonds is 4. The molecule has 0 saturated carbocycles. The van der Waals surface area contributed by atoms with Gasteiger partial charge in [0.2, 0.25) is 5.78 Å². The average molecular weight is 404 g/mol.